The molecule has 0 aliphatic carbocycles. The number of carbonyl (C=O) groups excluding carboxylic acids is 2. The number of carbonyl (C=O) groups is 3. The van der Waals surface area contributed by atoms with E-state index in [2.05, 4.69) is 4.74 Å². The SMILES string of the molecule is CC(=O)N1C(=O)O[C@@H](C)[C@@H]1C(=O)O. The molecule has 13 heavy (non-hydrogen) atoms. The topological polar surface area (TPSA) is 83.9 Å². The molecule has 0 aromatic carbocycles. The number of hydrogen-bond donors (Lipinski definition) is 1. The number of amides is 2. The molecule has 0 spiro atoms. The fourth-order valence-electron chi connectivity index (χ4n) is 1.24. The molecule has 1 N–H and O–H groups in total. The van der Waals surface area contributed by atoms with Crippen molar-refractivity contribution in [2.24, 2.45) is 0 Å². The zero-order chi connectivity index (χ0) is 10.2. The number of hydrogen-bond acceptors (Lipinski definition) is 4. The van der Waals surface area contributed by atoms with Gasteiger partial charge in [0.15, 0.2) is 6.04 Å². The Labute approximate surface area is 74.1 Å². The van der Waals surface area contributed by atoms with Gasteiger partial charge in [-0.3, -0.25) is 4.79 Å². The maximum atomic E-state index is 11.0. The second-order valence-corrected chi connectivity index (χ2v) is 2.76. The van der Waals surface area contributed by atoms with Crippen molar-refractivity contribution in [2.45, 2.75) is 26.0 Å². The highest BCUT2D eigenvalue weighted by molar-refractivity contribution is 5.97. The lowest BCUT2D eigenvalue weighted by Crippen LogP contribution is -2.44. The molecule has 72 valence electrons. The van der Waals surface area contributed by atoms with Crippen molar-refractivity contribution >= 4 is 18.0 Å². The second kappa shape index (κ2) is 3.04. The van der Waals surface area contributed by atoms with Crippen molar-refractivity contribution in [3.63, 3.8) is 0 Å². The largest absolute Gasteiger partial charge is 0.480 e. The minimum Gasteiger partial charge on any atom is -0.480 e. The van der Waals surface area contributed by atoms with Crippen molar-refractivity contribution in [1.29, 1.82) is 0 Å². The number of cyclic esters (lactones) is 1. The van der Waals surface area contributed by atoms with E-state index in [9.17, 15) is 14.4 Å². The van der Waals surface area contributed by atoms with Crippen LogP contribution >= 0.6 is 0 Å². The second-order valence-electron chi connectivity index (χ2n) is 2.76. The van der Waals surface area contributed by atoms with E-state index in [0.717, 1.165) is 6.92 Å². The lowest BCUT2D eigenvalue weighted by Gasteiger charge is -2.14. The average molecular weight is 187 g/mol. The first kappa shape index (κ1) is 9.50. The summed E-state index contributed by atoms with van der Waals surface area (Å²) in [5.74, 6) is -1.87. The van der Waals surface area contributed by atoms with E-state index in [1.54, 1.807) is 0 Å². The summed E-state index contributed by atoms with van der Waals surface area (Å²) in [6, 6.07) is -1.20. The van der Waals surface area contributed by atoms with Gasteiger partial charge in [0.1, 0.15) is 6.10 Å². The van der Waals surface area contributed by atoms with Crippen LogP contribution in [0.4, 0.5) is 4.79 Å². The molecule has 6 heteroatoms. The number of rotatable bonds is 1. The molecule has 0 unspecified atom stereocenters. The van der Waals surface area contributed by atoms with Crippen molar-refractivity contribution in [2.75, 3.05) is 0 Å². The van der Waals surface area contributed by atoms with Crippen LogP contribution in [0, 0.1) is 0 Å². The number of ether oxygens (including phenoxy) is 1. The van der Waals surface area contributed by atoms with Gasteiger partial charge in [-0.2, -0.15) is 0 Å². The molecule has 0 radical (unpaired) electrons. The molecule has 2 atom stereocenters. The van der Waals surface area contributed by atoms with Gasteiger partial charge in [-0.15, -0.1) is 0 Å². The van der Waals surface area contributed by atoms with Crippen LogP contribution in [-0.2, 0) is 14.3 Å². The number of nitrogens with zero attached hydrogens (tertiary/aromatic N) is 1. The molecule has 0 aromatic heterocycles. The molecule has 0 saturated carbocycles. The van der Waals surface area contributed by atoms with Gasteiger partial charge >= 0.3 is 12.1 Å². The average Bonchev–Trinajstić information content (AvgIpc) is 2.24. The van der Waals surface area contributed by atoms with Gasteiger partial charge in [-0.1, -0.05) is 0 Å². The molecule has 0 bridgehead atoms. The van der Waals surface area contributed by atoms with Gasteiger partial charge in [-0.25, -0.2) is 14.5 Å². The van der Waals surface area contributed by atoms with Crippen LogP contribution in [-0.4, -0.2) is 40.1 Å². The summed E-state index contributed by atoms with van der Waals surface area (Å²) in [6.07, 6.45) is -1.69. The summed E-state index contributed by atoms with van der Waals surface area (Å²) in [6.45, 7) is 2.55. The standard InChI is InChI=1S/C7H9NO5/c1-3-5(6(10)11)8(4(2)9)7(12)13-3/h3,5H,1-2H3,(H,10,11)/t3-,5+/m0/s1. The van der Waals surface area contributed by atoms with Gasteiger partial charge in [0, 0.05) is 6.92 Å². The Kier molecular flexibility index (Phi) is 2.22. The Hall–Kier alpha value is -1.59. The highest BCUT2D eigenvalue weighted by Gasteiger charge is 2.46. The summed E-state index contributed by atoms with van der Waals surface area (Å²) in [5, 5.41) is 8.69. The highest BCUT2D eigenvalue weighted by Crippen LogP contribution is 2.19. The van der Waals surface area contributed by atoms with Gasteiger partial charge in [-0.05, 0) is 6.92 Å². The fourth-order valence-corrected chi connectivity index (χ4v) is 1.24. The van der Waals surface area contributed by atoms with Gasteiger partial charge < -0.3 is 9.84 Å². The Morgan fingerprint density at radius 2 is 2.08 bits per heavy atom. The van der Waals surface area contributed by atoms with Crippen LogP contribution in [0.3, 0.4) is 0 Å². The molecule has 2 amide bonds. The normalized spacial score (nSPS) is 27.2. The van der Waals surface area contributed by atoms with E-state index >= 15 is 0 Å². The summed E-state index contributed by atoms with van der Waals surface area (Å²) in [4.78, 5) is 33.1. The van der Waals surface area contributed by atoms with Crippen molar-refractivity contribution in [3.05, 3.63) is 0 Å². The Bertz CT molecular complexity index is 274. The third-order valence-electron chi connectivity index (χ3n) is 1.80. The van der Waals surface area contributed by atoms with Crippen molar-refractivity contribution in [1.82, 2.24) is 4.90 Å². The van der Waals surface area contributed by atoms with Crippen LogP contribution in [0.1, 0.15) is 13.8 Å². The van der Waals surface area contributed by atoms with E-state index < -0.39 is 30.1 Å². The lowest BCUT2D eigenvalue weighted by atomic mass is 10.2. The predicted octanol–water partition coefficient (Wildman–Crippen LogP) is -0.173. The quantitative estimate of drug-likeness (QED) is 0.615. The Morgan fingerprint density at radius 3 is 2.38 bits per heavy atom. The number of carboxylic acid groups (broad SMARTS) is 1. The molecule has 1 saturated heterocycles. The zero-order valence-electron chi connectivity index (χ0n) is 7.18. The summed E-state index contributed by atoms with van der Waals surface area (Å²) < 4.78 is 4.59. The van der Waals surface area contributed by atoms with Gasteiger partial charge in [0.05, 0.1) is 0 Å². The van der Waals surface area contributed by atoms with Gasteiger partial charge in [0.25, 0.3) is 0 Å². The summed E-state index contributed by atoms with van der Waals surface area (Å²) in [7, 11) is 0. The van der Waals surface area contributed by atoms with Crippen LogP contribution in [0.15, 0.2) is 0 Å². The molecular weight excluding hydrogens is 178 g/mol. The molecule has 0 aromatic rings. The minimum atomic E-state index is -1.24. The zero-order valence-corrected chi connectivity index (χ0v) is 7.18. The monoisotopic (exact) mass is 187 g/mol. The van der Waals surface area contributed by atoms with E-state index in [4.69, 9.17) is 5.11 Å². The summed E-state index contributed by atoms with van der Waals surface area (Å²) in [5.41, 5.74) is 0. The molecule has 1 fully saturated rings. The van der Waals surface area contributed by atoms with E-state index in [1.807, 2.05) is 0 Å². The predicted molar refractivity (Wildman–Crippen MR) is 39.9 cm³/mol. The number of imide groups is 1. The van der Waals surface area contributed by atoms with Crippen LogP contribution in [0.2, 0.25) is 0 Å². The molecule has 1 aliphatic rings. The first-order valence-electron chi connectivity index (χ1n) is 3.68. The van der Waals surface area contributed by atoms with Crippen LogP contribution in [0.25, 0.3) is 0 Å². The van der Waals surface area contributed by atoms with E-state index in [0.29, 0.717) is 4.90 Å². The minimum absolute atomic E-state index is 0.604. The maximum Gasteiger partial charge on any atom is 0.417 e. The third-order valence-corrected chi connectivity index (χ3v) is 1.80. The first-order valence-corrected chi connectivity index (χ1v) is 3.68. The smallest absolute Gasteiger partial charge is 0.417 e. The van der Waals surface area contributed by atoms with Crippen LogP contribution < -0.4 is 0 Å². The maximum absolute atomic E-state index is 11.0. The lowest BCUT2D eigenvalue weighted by molar-refractivity contribution is -0.146. The molecule has 1 rings (SSSR count). The van der Waals surface area contributed by atoms with Crippen molar-refractivity contribution in [3.8, 4) is 0 Å². The molecular formula is C7H9NO5. The molecule has 6 nitrogen and oxygen atoms in total. The number of aliphatic carboxylic acids is 1. The van der Waals surface area contributed by atoms with Crippen molar-refractivity contribution < 1.29 is 24.2 Å². The highest BCUT2D eigenvalue weighted by atomic mass is 16.6. The molecule has 1 heterocycles. The Morgan fingerprint density at radius 1 is 1.54 bits per heavy atom. The van der Waals surface area contributed by atoms with E-state index in [-0.39, 0.29) is 0 Å². The Balaban J connectivity index is 2.96. The molecule has 1 aliphatic heterocycles. The van der Waals surface area contributed by atoms with Gasteiger partial charge in [0.2, 0.25) is 5.91 Å². The third kappa shape index (κ3) is 1.47. The van der Waals surface area contributed by atoms with E-state index in [1.165, 1.54) is 6.92 Å². The van der Waals surface area contributed by atoms with Crippen LogP contribution in [0.5, 0.6) is 0 Å². The first-order chi connectivity index (χ1) is 5.95. The fraction of sp³-hybridized carbons (Fsp3) is 0.571. The summed E-state index contributed by atoms with van der Waals surface area (Å²) >= 11 is 0. The number of carboxylic acids is 1.